The molecule has 28 heavy (non-hydrogen) atoms. The molecule has 0 aliphatic rings. The topological polar surface area (TPSA) is 86.3 Å². The van der Waals surface area contributed by atoms with Crippen molar-refractivity contribution in [2.45, 2.75) is 40.5 Å². The molecule has 0 unspecified atom stereocenters. The maximum atomic E-state index is 11.4. The summed E-state index contributed by atoms with van der Waals surface area (Å²) < 4.78 is 22.8. The van der Waals surface area contributed by atoms with Crippen molar-refractivity contribution in [1.82, 2.24) is 15.6 Å². The van der Waals surface area contributed by atoms with Crippen LogP contribution in [0.25, 0.3) is 10.9 Å². The summed E-state index contributed by atoms with van der Waals surface area (Å²) >= 11 is 0. The highest BCUT2D eigenvalue weighted by molar-refractivity contribution is 7.90. The minimum Gasteiger partial charge on any atom is -0.361 e. The molecule has 2 rings (SSSR count). The van der Waals surface area contributed by atoms with Crippen molar-refractivity contribution in [3.8, 4) is 0 Å². The first-order valence-corrected chi connectivity index (χ1v) is 11.9. The molecule has 0 fully saturated rings. The van der Waals surface area contributed by atoms with Gasteiger partial charge in [-0.05, 0) is 49.3 Å². The Labute approximate surface area is 169 Å². The molecule has 3 N–H and O–H groups in total. The molecule has 0 aliphatic carbocycles. The summed E-state index contributed by atoms with van der Waals surface area (Å²) in [4.78, 5) is 8.01. The van der Waals surface area contributed by atoms with E-state index >= 15 is 0 Å². The predicted molar refractivity (Wildman–Crippen MR) is 119 cm³/mol. The fraction of sp³-hybridized carbons (Fsp3) is 0.571. The van der Waals surface area contributed by atoms with Crippen LogP contribution in [0.3, 0.4) is 0 Å². The molecular formula is C21H34N4O2S. The zero-order valence-corrected chi connectivity index (χ0v) is 18.5. The third-order valence-electron chi connectivity index (χ3n) is 4.77. The number of benzene rings is 1. The lowest BCUT2D eigenvalue weighted by Gasteiger charge is -2.22. The van der Waals surface area contributed by atoms with Gasteiger partial charge in [-0.1, -0.05) is 26.0 Å². The standard InChI is InChI=1S/C21H34N4O2S/c1-6-22-20(25-15-21(3,4)10-12-28(5,26)27)23-11-9-17-14-24-19-13-16(2)7-8-18(17)19/h7-8,13-14,24H,6,9-12,15H2,1-5H3,(H2,22,23,25). The van der Waals surface area contributed by atoms with Gasteiger partial charge < -0.3 is 15.6 Å². The van der Waals surface area contributed by atoms with E-state index in [4.69, 9.17) is 0 Å². The number of fused-ring (bicyclic) bond motifs is 1. The first-order chi connectivity index (χ1) is 13.1. The summed E-state index contributed by atoms with van der Waals surface area (Å²) in [6.07, 6.45) is 4.85. The van der Waals surface area contributed by atoms with E-state index in [9.17, 15) is 8.42 Å². The number of aliphatic imine (C=N–C) groups is 1. The zero-order valence-electron chi connectivity index (χ0n) is 17.7. The van der Waals surface area contributed by atoms with Crippen LogP contribution in [0.4, 0.5) is 0 Å². The van der Waals surface area contributed by atoms with E-state index in [2.05, 4.69) is 65.8 Å². The second-order valence-corrected chi connectivity index (χ2v) is 10.5. The van der Waals surface area contributed by atoms with Gasteiger partial charge in [-0.25, -0.2) is 8.42 Å². The number of hydrogen-bond donors (Lipinski definition) is 3. The Hall–Kier alpha value is -2.02. The van der Waals surface area contributed by atoms with Gasteiger partial charge >= 0.3 is 0 Å². The first-order valence-electron chi connectivity index (χ1n) is 9.86. The number of nitrogens with zero attached hydrogens (tertiary/aromatic N) is 1. The van der Waals surface area contributed by atoms with E-state index in [0.717, 1.165) is 25.5 Å². The van der Waals surface area contributed by atoms with Gasteiger partial charge in [0.15, 0.2) is 5.96 Å². The highest BCUT2D eigenvalue weighted by Gasteiger charge is 2.20. The van der Waals surface area contributed by atoms with Crippen molar-refractivity contribution >= 4 is 26.7 Å². The van der Waals surface area contributed by atoms with Crippen LogP contribution in [0.2, 0.25) is 0 Å². The molecule has 156 valence electrons. The Morgan fingerprint density at radius 3 is 2.68 bits per heavy atom. The number of sulfone groups is 1. The molecule has 1 heterocycles. The third-order valence-corrected chi connectivity index (χ3v) is 5.71. The van der Waals surface area contributed by atoms with Gasteiger partial charge in [0.2, 0.25) is 0 Å². The number of aromatic amines is 1. The molecule has 0 amide bonds. The van der Waals surface area contributed by atoms with Crippen LogP contribution in [-0.4, -0.2) is 51.0 Å². The monoisotopic (exact) mass is 406 g/mol. The lowest BCUT2D eigenvalue weighted by Crippen LogP contribution is -2.39. The number of aromatic nitrogens is 1. The van der Waals surface area contributed by atoms with Gasteiger partial charge in [-0.3, -0.25) is 4.99 Å². The number of H-pyrrole nitrogens is 1. The molecule has 2 aromatic rings. The number of guanidine groups is 1. The molecule has 1 aromatic carbocycles. The second kappa shape index (κ2) is 9.45. The summed E-state index contributed by atoms with van der Waals surface area (Å²) in [6.45, 7) is 10.4. The van der Waals surface area contributed by atoms with E-state index in [0.29, 0.717) is 13.0 Å². The minimum atomic E-state index is -2.95. The fourth-order valence-electron chi connectivity index (χ4n) is 3.00. The minimum absolute atomic E-state index is 0.167. The third kappa shape index (κ3) is 7.19. The highest BCUT2D eigenvalue weighted by atomic mass is 32.2. The van der Waals surface area contributed by atoms with Crippen LogP contribution in [0.1, 0.15) is 38.3 Å². The van der Waals surface area contributed by atoms with Crippen molar-refractivity contribution in [1.29, 1.82) is 0 Å². The van der Waals surface area contributed by atoms with Gasteiger partial charge in [0, 0.05) is 43.0 Å². The van der Waals surface area contributed by atoms with Crippen LogP contribution < -0.4 is 10.6 Å². The molecule has 0 atom stereocenters. The highest BCUT2D eigenvalue weighted by Crippen LogP contribution is 2.21. The molecule has 0 saturated heterocycles. The van der Waals surface area contributed by atoms with Gasteiger partial charge in [-0.2, -0.15) is 0 Å². The average Bonchev–Trinajstić information content (AvgIpc) is 3.00. The Kier molecular flexibility index (Phi) is 7.52. The fourth-order valence-corrected chi connectivity index (χ4v) is 3.92. The Morgan fingerprint density at radius 1 is 1.25 bits per heavy atom. The van der Waals surface area contributed by atoms with E-state index < -0.39 is 9.84 Å². The van der Waals surface area contributed by atoms with Crippen LogP contribution >= 0.6 is 0 Å². The molecule has 0 aliphatic heterocycles. The van der Waals surface area contributed by atoms with Crippen LogP contribution in [0.5, 0.6) is 0 Å². The van der Waals surface area contributed by atoms with Crippen LogP contribution in [0.15, 0.2) is 29.4 Å². The van der Waals surface area contributed by atoms with Crippen molar-refractivity contribution in [2.75, 3.05) is 31.6 Å². The second-order valence-electron chi connectivity index (χ2n) is 8.28. The molecular weight excluding hydrogens is 372 g/mol. The zero-order chi connectivity index (χ0) is 20.8. The average molecular weight is 407 g/mol. The smallest absolute Gasteiger partial charge is 0.191 e. The number of nitrogens with one attached hydrogen (secondary N) is 3. The molecule has 0 radical (unpaired) electrons. The molecule has 0 spiro atoms. The summed E-state index contributed by atoms with van der Waals surface area (Å²) in [5.74, 6) is 0.963. The van der Waals surface area contributed by atoms with E-state index in [1.807, 2.05) is 6.92 Å². The Balaban J connectivity index is 1.93. The Morgan fingerprint density at radius 2 is 2.00 bits per heavy atom. The van der Waals surface area contributed by atoms with Crippen molar-refractivity contribution in [3.05, 3.63) is 35.5 Å². The van der Waals surface area contributed by atoms with Crippen molar-refractivity contribution in [3.63, 3.8) is 0 Å². The molecule has 6 nitrogen and oxygen atoms in total. The quantitative estimate of drug-likeness (QED) is 0.441. The molecule has 0 bridgehead atoms. The number of rotatable bonds is 9. The Bertz CT molecular complexity index is 914. The van der Waals surface area contributed by atoms with Crippen molar-refractivity contribution in [2.24, 2.45) is 10.4 Å². The normalized spacial score (nSPS) is 13.1. The maximum absolute atomic E-state index is 11.4. The van der Waals surface area contributed by atoms with Gasteiger partial charge in [-0.15, -0.1) is 0 Å². The predicted octanol–water partition coefficient (Wildman–Crippen LogP) is 3.03. The van der Waals surface area contributed by atoms with E-state index in [-0.39, 0.29) is 11.2 Å². The molecule has 0 saturated carbocycles. The van der Waals surface area contributed by atoms with Crippen LogP contribution in [0, 0.1) is 12.3 Å². The number of aryl methyl sites for hydroxylation is 1. The molecule has 7 heteroatoms. The van der Waals surface area contributed by atoms with Gasteiger partial charge in [0.05, 0.1) is 5.75 Å². The lowest BCUT2D eigenvalue weighted by atomic mass is 9.90. The lowest BCUT2D eigenvalue weighted by molar-refractivity contribution is 0.365. The van der Waals surface area contributed by atoms with E-state index in [1.54, 1.807) is 0 Å². The SMILES string of the molecule is CCNC(=NCC(C)(C)CCS(C)(=O)=O)NCCc1c[nH]c2cc(C)ccc12. The largest absolute Gasteiger partial charge is 0.361 e. The molecule has 1 aromatic heterocycles. The van der Waals surface area contributed by atoms with Crippen molar-refractivity contribution < 1.29 is 8.42 Å². The summed E-state index contributed by atoms with van der Waals surface area (Å²) in [6, 6.07) is 6.47. The number of hydrogen-bond acceptors (Lipinski definition) is 3. The summed E-state index contributed by atoms with van der Waals surface area (Å²) in [5.41, 5.74) is 3.54. The van der Waals surface area contributed by atoms with Gasteiger partial charge in [0.1, 0.15) is 9.84 Å². The summed E-state index contributed by atoms with van der Waals surface area (Å²) in [7, 11) is -2.95. The summed E-state index contributed by atoms with van der Waals surface area (Å²) in [5, 5.41) is 7.91. The van der Waals surface area contributed by atoms with Gasteiger partial charge in [0.25, 0.3) is 0 Å². The maximum Gasteiger partial charge on any atom is 0.191 e. The van der Waals surface area contributed by atoms with E-state index in [1.165, 1.54) is 28.3 Å². The van der Waals surface area contributed by atoms with Crippen LogP contribution in [-0.2, 0) is 16.3 Å². The first kappa shape index (κ1) is 22.3.